The topological polar surface area (TPSA) is 95.6 Å². The van der Waals surface area contributed by atoms with E-state index < -0.39 is 11.9 Å². The maximum atomic E-state index is 12.8. The maximum absolute atomic E-state index is 12.8. The molecular weight excluding hydrogens is 310 g/mol. The summed E-state index contributed by atoms with van der Waals surface area (Å²) in [6.07, 6.45) is 1.60. The molecule has 0 radical (unpaired) electrons. The van der Waals surface area contributed by atoms with Crippen molar-refractivity contribution in [3.63, 3.8) is 0 Å². The number of likely N-dealkylation sites (N-methyl/N-ethyl adjacent to an activating group) is 1. The molecule has 7 nitrogen and oxygen atoms in total. The number of rotatable bonds is 9. The molecule has 130 valence electrons. The van der Waals surface area contributed by atoms with Gasteiger partial charge < -0.3 is 20.3 Å². The van der Waals surface area contributed by atoms with Crippen LogP contribution in [0.3, 0.4) is 0 Å². The number of nitrogens with zero attached hydrogens (tertiary/aromatic N) is 1. The van der Waals surface area contributed by atoms with Crippen LogP contribution in [0.25, 0.3) is 0 Å². The maximum Gasteiger partial charge on any atom is 0.257 e. The van der Waals surface area contributed by atoms with Crippen LogP contribution in [0.5, 0.6) is 0 Å². The molecule has 1 rings (SSSR count). The number of benzene rings is 1. The van der Waals surface area contributed by atoms with Gasteiger partial charge in [0.15, 0.2) is 6.29 Å². The SMILES string of the molecule is CCNc1cccc(C=O)c1C(=O)N(C)C(C=O)CCC(=O)NC. The number of aldehydes is 2. The molecular formula is C17H23N3O4. The van der Waals surface area contributed by atoms with Crippen molar-refractivity contribution in [2.75, 3.05) is 26.0 Å². The van der Waals surface area contributed by atoms with Crippen LogP contribution in [0.4, 0.5) is 5.69 Å². The van der Waals surface area contributed by atoms with Crippen molar-refractivity contribution >= 4 is 30.1 Å². The van der Waals surface area contributed by atoms with Crippen LogP contribution in [-0.4, -0.2) is 56.0 Å². The first-order valence-electron chi connectivity index (χ1n) is 7.75. The normalized spacial score (nSPS) is 11.3. The largest absolute Gasteiger partial charge is 0.385 e. The summed E-state index contributed by atoms with van der Waals surface area (Å²) in [7, 11) is 3.00. The lowest BCUT2D eigenvalue weighted by molar-refractivity contribution is -0.121. The Bertz CT molecular complexity index is 616. The molecule has 0 bridgehead atoms. The molecule has 1 aromatic carbocycles. The Morgan fingerprint density at radius 1 is 1.29 bits per heavy atom. The zero-order valence-electron chi connectivity index (χ0n) is 14.2. The highest BCUT2D eigenvalue weighted by Gasteiger charge is 2.25. The number of nitrogens with one attached hydrogen (secondary N) is 2. The van der Waals surface area contributed by atoms with Crippen LogP contribution in [0.1, 0.15) is 40.5 Å². The monoisotopic (exact) mass is 333 g/mol. The van der Waals surface area contributed by atoms with Gasteiger partial charge >= 0.3 is 0 Å². The third-order valence-corrected chi connectivity index (χ3v) is 3.73. The zero-order chi connectivity index (χ0) is 18.1. The van der Waals surface area contributed by atoms with Gasteiger partial charge in [0.2, 0.25) is 5.91 Å². The lowest BCUT2D eigenvalue weighted by Crippen LogP contribution is -2.39. The van der Waals surface area contributed by atoms with Gasteiger partial charge in [-0.2, -0.15) is 0 Å². The Balaban J connectivity index is 3.08. The zero-order valence-corrected chi connectivity index (χ0v) is 14.2. The van der Waals surface area contributed by atoms with Gasteiger partial charge in [-0.05, 0) is 19.4 Å². The van der Waals surface area contributed by atoms with Crippen LogP contribution in [0, 0.1) is 0 Å². The Kier molecular flexibility index (Phi) is 7.61. The predicted molar refractivity (Wildman–Crippen MR) is 91.2 cm³/mol. The van der Waals surface area contributed by atoms with Crippen molar-refractivity contribution in [2.45, 2.75) is 25.8 Å². The number of carbonyl (C=O) groups is 4. The summed E-state index contributed by atoms with van der Waals surface area (Å²) in [4.78, 5) is 48.0. The molecule has 0 fully saturated rings. The molecule has 0 aliphatic heterocycles. The van der Waals surface area contributed by atoms with Crippen molar-refractivity contribution in [3.8, 4) is 0 Å². The molecule has 2 amide bonds. The highest BCUT2D eigenvalue weighted by molar-refractivity contribution is 6.06. The fourth-order valence-corrected chi connectivity index (χ4v) is 2.33. The molecule has 0 heterocycles. The van der Waals surface area contributed by atoms with Gasteiger partial charge in [0.05, 0.1) is 11.6 Å². The molecule has 0 aromatic heterocycles. The van der Waals surface area contributed by atoms with E-state index in [2.05, 4.69) is 10.6 Å². The second-order valence-corrected chi connectivity index (χ2v) is 5.25. The molecule has 7 heteroatoms. The van der Waals surface area contributed by atoms with Gasteiger partial charge in [-0.3, -0.25) is 14.4 Å². The van der Waals surface area contributed by atoms with Crippen molar-refractivity contribution in [1.29, 1.82) is 0 Å². The Morgan fingerprint density at radius 3 is 2.54 bits per heavy atom. The Hall–Kier alpha value is -2.70. The van der Waals surface area contributed by atoms with Gasteiger partial charge in [-0.15, -0.1) is 0 Å². The van der Waals surface area contributed by atoms with Gasteiger partial charge in [-0.25, -0.2) is 0 Å². The smallest absolute Gasteiger partial charge is 0.257 e. The summed E-state index contributed by atoms with van der Waals surface area (Å²) in [5.41, 5.74) is 1.01. The molecule has 0 aliphatic rings. The molecule has 1 atom stereocenters. The molecule has 0 spiro atoms. The fourth-order valence-electron chi connectivity index (χ4n) is 2.33. The average molecular weight is 333 g/mol. The molecule has 0 aliphatic carbocycles. The van der Waals surface area contributed by atoms with Crippen LogP contribution < -0.4 is 10.6 Å². The van der Waals surface area contributed by atoms with E-state index in [1.165, 1.54) is 19.0 Å². The van der Waals surface area contributed by atoms with Crippen LogP contribution in [-0.2, 0) is 9.59 Å². The van der Waals surface area contributed by atoms with E-state index in [-0.39, 0.29) is 29.9 Å². The van der Waals surface area contributed by atoms with E-state index in [1.807, 2.05) is 6.92 Å². The Labute approximate surface area is 141 Å². The van der Waals surface area contributed by atoms with Crippen molar-refractivity contribution in [1.82, 2.24) is 10.2 Å². The van der Waals surface area contributed by atoms with Crippen molar-refractivity contribution < 1.29 is 19.2 Å². The van der Waals surface area contributed by atoms with Gasteiger partial charge in [0, 0.05) is 38.3 Å². The lowest BCUT2D eigenvalue weighted by Gasteiger charge is -2.25. The molecule has 1 aromatic rings. The third-order valence-electron chi connectivity index (χ3n) is 3.73. The summed E-state index contributed by atoms with van der Waals surface area (Å²) >= 11 is 0. The summed E-state index contributed by atoms with van der Waals surface area (Å²) in [6.45, 7) is 2.46. The number of anilines is 1. The summed E-state index contributed by atoms with van der Waals surface area (Å²) in [5, 5.41) is 5.52. The van der Waals surface area contributed by atoms with Crippen LogP contribution in [0.15, 0.2) is 18.2 Å². The van der Waals surface area contributed by atoms with Crippen LogP contribution in [0.2, 0.25) is 0 Å². The minimum Gasteiger partial charge on any atom is -0.385 e. The van der Waals surface area contributed by atoms with E-state index in [0.717, 1.165) is 0 Å². The van der Waals surface area contributed by atoms with Crippen LogP contribution >= 0.6 is 0 Å². The molecule has 1 unspecified atom stereocenters. The molecule has 0 saturated heterocycles. The Morgan fingerprint density at radius 2 is 2.00 bits per heavy atom. The third kappa shape index (κ3) is 4.65. The minimum atomic E-state index is -0.746. The second-order valence-electron chi connectivity index (χ2n) is 5.25. The summed E-state index contributed by atoms with van der Waals surface area (Å²) in [6, 6.07) is 4.19. The van der Waals surface area contributed by atoms with Crippen molar-refractivity contribution in [2.24, 2.45) is 0 Å². The molecule has 24 heavy (non-hydrogen) atoms. The number of amides is 2. The number of carbonyl (C=O) groups excluding carboxylic acids is 4. The fraction of sp³-hybridized carbons (Fsp3) is 0.412. The highest BCUT2D eigenvalue weighted by atomic mass is 16.2. The first-order chi connectivity index (χ1) is 11.5. The summed E-state index contributed by atoms with van der Waals surface area (Å²) < 4.78 is 0. The number of hydrogen-bond donors (Lipinski definition) is 2. The van der Waals surface area contributed by atoms with E-state index >= 15 is 0 Å². The van der Waals surface area contributed by atoms with E-state index in [0.29, 0.717) is 24.8 Å². The highest BCUT2D eigenvalue weighted by Crippen LogP contribution is 2.22. The average Bonchev–Trinajstić information content (AvgIpc) is 2.61. The second kappa shape index (κ2) is 9.44. The lowest BCUT2D eigenvalue weighted by atomic mass is 10.0. The van der Waals surface area contributed by atoms with Gasteiger partial charge in [0.1, 0.15) is 6.29 Å². The minimum absolute atomic E-state index is 0.132. The van der Waals surface area contributed by atoms with Crippen molar-refractivity contribution in [3.05, 3.63) is 29.3 Å². The standard InChI is InChI=1S/C17H23N3O4/c1-4-19-14-7-5-6-12(10-21)16(14)17(24)20(3)13(11-22)8-9-15(23)18-2/h5-7,10-11,13,19H,4,8-9H2,1-3H3,(H,18,23). The van der Waals surface area contributed by atoms with Gasteiger partial charge in [-0.1, -0.05) is 12.1 Å². The quantitative estimate of drug-likeness (QED) is 0.660. The van der Waals surface area contributed by atoms with Gasteiger partial charge in [0.25, 0.3) is 5.91 Å². The first kappa shape index (κ1) is 19.3. The summed E-state index contributed by atoms with van der Waals surface area (Å²) in [5.74, 6) is -0.646. The molecule has 0 saturated carbocycles. The number of hydrogen-bond acceptors (Lipinski definition) is 5. The van der Waals surface area contributed by atoms with E-state index in [1.54, 1.807) is 18.2 Å². The van der Waals surface area contributed by atoms with E-state index in [9.17, 15) is 19.2 Å². The first-order valence-corrected chi connectivity index (χ1v) is 7.75. The molecule has 2 N–H and O–H groups in total. The van der Waals surface area contributed by atoms with E-state index in [4.69, 9.17) is 0 Å². The predicted octanol–water partition coefficient (Wildman–Crippen LogP) is 1.10.